The molecule has 11 nitrogen and oxygen atoms in total. The summed E-state index contributed by atoms with van der Waals surface area (Å²) in [6.07, 6.45) is 15.9. The molecule has 0 saturated heterocycles. The van der Waals surface area contributed by atoms with Crippen molar-refractivity contribution in [3.05, 3.63) is 0 Å². The van der Waals surface area contributed by atoms with Crippen molar-refractivity contribution < 1.29 is 48.7 Å². The summed E-state index contributed by atoms with van der Waals surface area (Å²) in [7, 11) is -40.1. The van der Waals surface area contributed by atoms with E-state index in [4.69, 9.17) is 4.12 Å². The third-order valence-electron chi connectivity index (χ3n) is 5.62. The summed E-state index contributed by atoms with van der Waals surface area (Å²) in [5, 5.41) is 0. The Morgan fingerprint density at radius 2 is 0.518 bits per heavy atom. The zero-order valence-corrected chi connectivity index (χ0v) is 52.3. The maximum Gasteiger partial charge on any atom is 0.532 e. The van der Waals surface area contributed by atoms with Crippen molar-refractivity contribution in [2.45, 2.75) is 221 Å². The highest BCUT2D eigenvalue weighted by Crippen LogP contribution is 2.11. The van der Waals surface area contributed by atoms with Gasteiger partial charge in [0.1, 0.15) is 7.59 Å². The van der Waals surface area contributed by atoms with Gasteiger partial charge >= 0.3 is 77.9 Å². The van der Waals surface area contributed by atoms with E-state index in [0.717, 1.165) is 0 Å². The van der Waals surface area contributed by atoms with Gasteiger partial charge in [0.2, 0.25) is 8.32 Å². The van der Waals surface area contributed by atoms with Crippen molar-refractivity contribution >= 4 is 93.8 Å². The Morgan fingerprint density at radius 3 is 0.714 bits per heavy atom. The molecule has 0 aliphatic carbocycles. The molecule has 0 aromatic carbocycles. The number of unbranched alkanes of at least 4 members (excludes halogenated alkanes) is 10. The monoisotopic (exact) mass is 996 g/mol. The lowest BCUT2D eigenvalue weighted by Gasteiger charge is -2.16. The fourth-order valence-electron chi connectivity index (χ4n) is 3.22. The van der Waals surface area contributed by atoms with E-state index in [-0.39, 0.29) is 0 Å². The molecule has 0 saturated carbocycles. The Kier molecular flexibility index (Phi) is 76.2. The van der Waals surface area contributed by atoms with E-state index in [1.165, 1.54) is 70.6 Å². The van der Waals surface area contributed by atoms with Crippen LogP contribution >= 0.6 is 0 Å². The minimum Gasteiger partial charge on any atom is -0.578 e. The van der Waals surface area contributed by atoms with Crippen LogP contribution in [-0.2, 0) is 48.7 Å². The van der Waals surface area contributed by atoms with Gasteiger partial charge in [-0.1, -0.05) is 201 Å². The van der Waals surface area contributed by atoms with Gasteiger partial charge in [0.15, 0.2) is 0 Å². The molecule has 0 aliphatic heterocycles. The highest BCUT2D eigenvalue weighted by atomic mass is 30.1. The highest BCUT2D eigenvalue weighted by Gasteiger charge is 2.53. The first kappa shape index (κ1) is 77.0. The number of rotatable bonds is 22. The summed E-state index contributed by atoms with van der Waals surface area (Å²) < 4.78 is 127. The van der Waals surface area contributed by atoms with Gasteiger partial charge in [0.25, 0.3) is 0 Å². The van der Waals surface area contributed by atoms with E-state index >= 15 is 0 Å². The van der Waals surface area contributed by atoms with Gasteiger partial charge in [-0.25, -0.2) is 0 Å². The van der Waals surface area contributed by atoms with Gasteiger partial charge in [-0.3, -0.25) is 0 Å². The Bertz CT molecular complexity index is 1080. The van der Waals surface area contributed by atoms with Crippen LogP contribution in [0.3, 0.4) is 0 Å². The van der Waals surface area contributed by atoms with Crippen LogP contribution in [0.25, 0.3) is 0 Å². The standard InChI is InChI=1S/C13H28.C6H18O11Si12.7C2H6/c1-3-5-7-9-11-13-12-10-8-6-4-2;1-28(2,3)17-18(7)19(8)20(9)21(10)22(11)23(12)24(13)25(14)26(15)27(16)29(4,5)6;7*1-2/h3-13H2,1-2H3;1-6H3;7*1-2H3. The van der Waals surface area contributed by atoms with E-state index in [9.17, 15) is 44.6 Å². The van der Waals surface area contributed by atoms with Crippen molar-refractivity contribution in [3.63, 3.8) is 0 Å². The van der Waals surface area contributed by atoms with Crippen molar-refractivity contribution in [1.29, 1.82) is 0 Å². The molecule has 0 rings (SSSR count). The number of hydrogen-bond donors (Lipinski definition) is 0. The van der Waals surface area contributed by atoms with Crippen LogP contribution in [0.1, 0.15) is 181 Å². The zero-order valence-electron chi connectivity index (χ0n) is 40.3. The summed E-state index contributed by atoms with van der Waals surface area (Å²) >= 11 is 0. The van der Waals surface area contributed by atoms with Crippen molar-refractivity contribution in [3.8, 4) is 0 Å². The minimum absolute atomic E-state index is 1.37. The van der Waals surface area contributed by atoms with Crippen molar-refractivity contribution in [1.82, 2.24) is 0 Å². The van der Waals surface area contributed by atoms with Gasteiger partial charge in [-0.2, -0.15) is 0 Å². The minimum atomic E-state index is -3.81. The van der Waals surface area contributed by atoms with Crippen LogP contribution in [0.4, 0.5) is 0 Å². The average Bonchev–Trinajstić information content (AvgIpc) is 3.22. The summed E-state index contributed by atoms with van der Waals surface area (Å²) in [6.45, 7) is 42.3. The SMILES string of the molecule is CC.CC.CC.CC.CC.CC.CC.CCCCCCCCCCCCC.C[Si](C)(C)O[Si](=O)[Si](=O)[Si](=O)[Si](=O)[Si](=O)[Si](=O)[Si](=O)[Si](=O)[Si](=O)[Si](=O)[Si](C)(C)C. The lowest BCUT2D eigenvalue weighted by Crippen LogP contribution is -2.56. The Balaban J connectivity index is -0.0000000971. The van der Waals surface area contributed by atoms with Crippen LogP contribution < -0.4 is 0 Å². The van der Waals surface area contributed by atoms with Crippen molar-refractivity contribution in [2.24, 2.45) is 0 Å². The predicted molar refractivity (Wildman–Crippen MR) is 254 cm³/mol. The quantitative estimate of drug-likeness (QED) is 0.0744. The van der Waals surface area contributed by atoms with Crippen LogP contribution in [0, 0.1) is 0 Å². The molecule has 0 amide bonds. The molecule has 0 aromatic heterocycles. The van der Waals surface area contributed by atoms with E-state index in [1.54, 1.807) is 39.3 Å². The maximum atomic E-state index is 12.2. The highest BCUT2D eigenvalue weighted by molar-refractivity contribution is 7.78. The van der Waals surface area contributed by atoms with E-state index in [2.05, 4.69) is 13.8 Å². The van der Waals surface area contributed by atoms with E-state index in [1.807, 2.05) is 96.9 Å². The molecule has 0 N–H and O–H groups in total. The molecule has 0 atom stereocenters. The average molecular weight is 998 g/mol. The van der Waals surface area contributed by atoms with Gasteiger partial charge in [0.05, 0.1) is 0 Å². The van der Waals surface area contributed by atoms with Crippen LogP contribution in [0.15, 0.2) is 0 Å². The second kappa shape index (κ2) is 55.4. The fourth-order valence-corrected chi connectivity index (χ4v) is 120. The molecule has 0 heterocycles. The fraction of sp³-hybridized carbons (Fsp3) is 1.00. The van der Waals surface area contributed by atoms with Crippen LogP contribution in [-0.4, -0.2) is 93.8 Å². The Labute approximate surface area is 361 Å². The first-order valence-electron chi connectivity index (χ1n) is 21.4. The van der Waals surface area contributed by atoms with Crippen LogP contribution in [0.2, 0.25) is 39.3 Å². The van der Waals surface area contributed by atoms with Gasteiger partial charge < -0.3 is 48.7 Å². The number of hydrogen-bond acceptors (Lipinski definition) is 11. The summed E-state index contributed by atoms with van der Waals surface area (Å²) in [5.74, 6) is 0. The molecule has 0 bridgehead atoms. The van der Waals surface area contributed by atoms with Gasteiger partial charge in [-0.15, -0.1) is 0 Å². The zero-order chi connectivity index (χ0) is 47.3. The summed E-state index contributed by atoms with van der Waals surface area (Å²) in [4.78, 5) is 0. The molecule has 334 valence electrons. The van der Waals surface area contributed by atoms with Crippen molar-refractivity contribution in [2.75, 3.05) is 0 Å². The molecule has 56 heavy (non-hydrogen) atoms. The molecule has 0 radical (unpaired) electrons. The second-order valence-electron chi connectivity index (χ2n) is 11.9. The van der Waals surface area contributed by atoms with Crippen LogP contribution in [0.5, 0.6) is 0 Å². The normalized spacial score (nSPS) is 8.96. The molecule has 23 heteroatoms. The lowest BCUT2D eigenvalue weighted by molar-refractivity contribution is 0.462. The predicted octanol–water partition coefficient (Wildman–Crippen LogP) is 10.2. The molecular formula is C33H88O11Si12. The molecule has 0 spiro atoms. The molecule has 0 fully saturated rings. The molecule has 0 aliphatic rings. The lowest BCUT2D eigenvalue weighted by atomic mass is 10.1. The van der Waals surface area contributed by atoms with E-state index in [0.29, 0.717) is 0 Å². The second-order valence-corrected chi connectivity index (χ2v) is 71.7. The molecular weight excluding hydrogens is 909 g/mol. The summed E-state index contributed by atoms with van der Waals surface area (Å²) in [6, 6.07) is 0. The topological polar surface area (TPSA) is 180 Å². The van der Waals surface area contributed by atoms with E-state index < -0.39 is 93.8 Å². The Morgan fingerprint density at radius 1 is 0.321 bits per heavy atom. The Hall–Kier alpha value is 0.403. The van der Waals surface area contributed by atoms with Gasteiger partial charge in [0, 0.05) is 0 Å². The third-order valence-corrected chi connectivity index (χ3v) is 89.1. The molecule has 0 unspecified atom stereocenters. The van der Waals surface area contributed by atoms with Gasteiger partial charge in [-0.05, 0) is 19.6 Å². The first-order valence-corrected chi connectivity index (χ1v) is 52.3. The maximum absolute atomic E-state index is 12.2. The molecule has 0 aromatic rings. The largest absolute Gasteiger partial charge is 0.578 e. The first-order chi connectivity index (χ1) is 26.2. The summed E-state index contributed by atoms with van der Waals surface area (Å²) in [5.41, 5.74) is 0. The third kappa shape index (κ3) is 47.1. The smallest absolute Gasteiger partial charge is 0.532 e.